The maximum absolute atomic E-state index is 13.9. The van der Waals surface area contributed by atoms with E-state index in [1.54, 1.807) is 44.2 Å². The molecule has 0 aromatic heterocycles. The Bertz CT molecular complexity index is 1400. The van der Waals surface area contributed by atoms with E-state index in [0.717, 1.165) is 24.2 Å². The first-order valence-corrected chi connectivity index (χ1v) is 17.0. The molecule has 4 atom stereocenters. The van der Waals surface area contributed by atoms with Gasteiger partial charge < -0.3 is 20.5 Å². The van der Waals surface area contributed by atoms with E-state index in [1.165, 1.54) is 33.1 Å². The Kier molecular flexibility index (Phi) is 9.72. The van der Waals surface area contributed by atoms with Crippen molar-refractivity contribution in [2.75, 3.05) is 18.1 Å². The van der Waals surface area contributed by atoms with Crippen LogP contribution < -0.4 is 15.5 Å². The Hall–Kier alpha value is -3.94. The number of amides is 4. The summed E-state index contributed by atoms with van der Waals surface area (Å²) in [5, 5.41) is 26.2. The molecule has 1 aromatic rings. The first-order valence-electron chi connectivity index (χ1n) is 17.0. The maximum Gasteiger partial charge on any atom is 0.315 e. The van der Waals surface area contributed by atoms with E-state index in [4.69, 9.17) is 4.74 Å². The molecule has 1 aromatic carbocycles. The number of hydrogen-bond acceptors (Lipinski definition) is 7. The molecule has 4 bridgehead atoms. The van der Waals surface area contributed by atoms with Crippen LogP contribution in [0.4, 0.5) is 10.5 Å². The average molecular weight is 649 g/mol. The number of anilines is 1. The number of carboxylic acids is 1. The van der Waals surface area contributed by atoms with Crippen LogP contribution in [0.2, 0.25) is 0 Å². The third-order valence-electron chi connectivity index (χ3n) is 11.4. The minimum atomic E-state index is -1.34. The number of imide groups is 1. The molecule has 254 valence electrons. The van der Waals surface area contributed by atoms with Crippen molar-refractivity contribution in [3.05, 3.63) is 30.3 Å². The van der Waals surface area contributed by atoms with Gasteiger partial charge in [-0.1, -0.05) is 25.1 Å². The Morgan fingerprint density at radius 3 is 2.17 bits per heavy atom. The highest BCUT2D eigenvalue weighted by Crippen LogP contribution is 2.55. The summed E-state index contributed by atoms with van der Waals surface area (Å²) in [6.45, 7) is 6.50. The van der Waals surface area contributed by atoms with Crippen LogP contribution in [-0.2, 0) is 23.9 Å². The normalized spacial score (nSPS) is 29.9. The van der Waals surface area contributed by atoms with E-state index in [2.05, 4.69) is 16.7 Å². The van der Waals surface area contributed by atoms with Gasteiger partial charge in [-0.05, 0) is 108 Å². The molecule has 3 N–H and O–H groups in total. The topological polar surface area (TPSA) is 166 Å². The molecular weight excluding hydrogens is 600 g/mol. The van der Waals surface area contributed by atoms with E-state index < -0.39 is 52.3 Å². The van der Waals surface area contributed by atoms with Gasteiger partial charge in [0.1, 0.15) is 6.61 Å². The van der Waals surface area contributed by atoms with Gasteiger partial charge in [-0.2, -0.15) is 5.26 Å². The number of nitrogens with zero attached hydrogens (tertiary/aromatic N) is 2. The molecule has 5 aliphatic rings. The second-order valence-corrected chi connectivity index (χ2v) is 15.4. The predicted molar refractivity (Wildman–Crippen MR) is 172 cm³/mol. The molecule has 0 radical (unpaired) electrons. The lowest BCUT2D eigenvalue weighted by Gasteiger charge is -2.56. The number of nitriles is 1. The smallest absolute Gasteiger partial charge is 0.315 e. The molecule has 4 aliphatic carbocycles. The Balaban J connectivity index is 1.22. The monoisotopic (exact) mass is 648 g/mol. The first kappa shape index (κ1) is 34.4. The molecule has 47 heavy (non-hydrogen) atoms. The van der Waals surface area contributed by atoms with Gasteiger partial charge in [-0.25, -0.2) is 4.79 Å². The lowest BCUT2D eigenvalue weighted by atomic mass is 9.53. The summed E-state index contributed by atoms with van der Waals surface area (Å²) in [5.74, 6) is -3.99. The number of benzene rings is 1. The van der Waals surface area contributed by atoms with Gasteiger partial charge >= 0.3 is 18.0 Å². The quantitative estimate of drug-likeness (QED) is 0.152. The third kappa shape index (κ3) is 7.02. The van der Waals surface area contributed by atoms with Crippen LogP contribution in [0.3, 0.4) is 0 Å². The van der Waals surface area contributed by atoms with Gasteiger partial charge in [-0.3, -0.25) is 24.1 Å². The highest BCUT2D eigenvalue weighted by atomic mass is 16.5. The SMILES string of the molecule is CCC(C)(CC(C#N)C1C(=O)N(c2ccccc2)C(=O)C1CC(C)(C)C(=O)O)C(=O)OCCNC(=O)NC12CC3CC(CC(C3)C1)C2. The van der Waals surface area contributed by atoms with E-state index in [9.17, 15) is 34.3 Å². The molecule has 1 aliphatic heterocycles. The van der Waals surface area contributed by atoms with Crippen LogP contribution >= 0.6 is 0 Å². The summed E-state index contributed by atoms with van der Waals surface area (Å²) >= 11 is 0. The van der Waals surface area contributed by atoms with Gasteiger partial charge in [-0.15, -0.1) is 0 Å². The fourth-order valence-corrected chi connectivity index (χ4v) is 9.03. The van der Waals surface area contributed by atoms with E-state index in [0.29, 0.717) is 29.9 Å². The number of nitrogens with one attached hydrogen (secondary N) is 2. The number of carbonyl (C=O) groups is 5. The lowest BCUT2D eigenvalue weighted by Crippen LogP contribution is -2.61. The zero-order valence-corrected chi connectivity index (χ0v) is 27.9. The van der Waals surface area contributed by atoms with Crippen LogP contribution in [0.15, 0.2) is 30.3 Å². The summed E-state index contributed by atoms with van der Waals surface area (Å²) in [6, 6.07) is 10.3. The number of carbonyl (C=O) groups excluding carboxylic acids is 4. The van der Waals surface area contributed by atoms with Crippen molar-refractivity contribution in [3.63, 3.8) is 0 Å². The van der Waals surface area contributed by atoms with Crippen molar-refractivity contribution in [2.45, 2.75) is 91.0 Å². The standard InChI is InChI=1S/C36H48N4O7/c1-5-35(4,32(45)47-12-11-38-33(46)39-36-16-22-13-23(17-36)15-24(14-22)18-36)19-25(21-37)28-27(20-34(2,3)31(43)44)29(41)40(30(28)42)26-9-7-6-8-10-26/h6-10,22-25,27-28H,5,11-20H2,1-4H3,(H,43,44)(H2,38,39,46). The van der Waals surface area contributed by atoms with Gasteiger partial charge in [0.05, 0.1) is 46.9 Å². The lowest BCUT2D eigenvalue weighted by molar-refractivity contribution is -0.156. The van der Waals surface area contributed by atoms with Crippen LogP contribution in [0.25, 0.3) is 0 Å². The molecule has 11 heteroatoms. The van der Waals surface area contributed by atoms with E-state index in [1.807, 2.05) is 0 Å². The molecule has 11 nitrogen and oxygen atoms in total. The Morgan fingerprint density at radius 2 is 1.64 bits per heavy atom. The number of hydrogen-bond donors (Lipinski definition) is 3. The second-order valence-electron chi connectivity index (χ2n) is 15.4. The van der Waals surface area contributed by atoms with Crippen molar-refractivity contribution in [2.24, 2.45) is 46.3 Å². The highest BCUT2D eigenvalue weighted by molar-refractivity contribution is 6.22. The van der Waals surface area contributed by atoms with Crippen LogP contribution in [0.1, 0.15) is 85.5 Å². The number of aliphatic carboxylic acids is 1. The van der Waals surface area contributed by atoms with E-state index >= 15 is 0 Å². The minimum Gasteiger partial charge on any atom is -0.481 e. The van der Waals surface area contributed by atoms with Crippen molar-refractivity contribution < 1.29 is 33.8 Å². The molecule has 1 saturated heterocycles. The summed E-state index contributed by atoms with van der Waals surface area (Å²) in [5.41, 5.74) is -2.29. The number of para-hydroxylation sites is 1. The minimum absolute atomic E-state index is 0.0575. The molecule has 1 heterocycles. The summed E-state index contributed by atoms with van der Waals surface area (Å²) in [7, 11) is 0. The van der Waals surface area contributed by atoms with Crippen molar-refractivity contribution >= 4 is 35.5 Å². The summed E-state index contributed by atoms with van der Waals surface area (Å²) in [6.07, 6.45) is 7.01. The summed E-state index contributed by atoms with van der Waals surface area (Å²) < 4.78 is 5.60. The zero-order valence-electron chi connectivity index (χ0n) is 27.9. The highest BCUT2D eigenvalue weighted by Gasteiger charge is 2.55. The number of urea groups is 1. The fourth-order valence-electron chi connectivity index (χ4n) is 9.03. The second kappa shape index (κ2) is 13.3. The molecular formula is C36H48N4O7. The van der Waals surface area contributed by atoms with E-state index in [-0.39, 0.29) is 37.6 Å². The Morgan fingerprint density at radius 1 is 1.04 bits per heavy atom. The van der Waals surface area contributed by atoms with Crippen LogP contribution in [-0.4, -0.2) is 53.6 Å². The molecule has 4 amide bonds. The van der Waals surface area contributed by atoms with Crippen molar-refractivity contribution in [1.29, 1.82) is 5.26 Å². The van der Waals surface area contributed by atoms with Crippen molar-refractivity contribution in [1.82, 2.24) is 10.6 Å². The van der Waals surface area contributed by atoms with Gasteiger partial charge in [0.25, 0.3) is 0 Å². The first-order chi connectivity index (χ1) is 22.2. The maximum atomic E-state index is 13.9. The van der Waals surface area contributed by atoms with Gasteiger partial charge in [0.15, 0.2) is 0 Å². The van der Waals surface area contributed by atoms with Crippen LogP contribution in [0.5, 0.6) is 0 Å². The van der Waals surface area contributed by atoms with Crippen molar-refractivity contribution in [3.8, 4) is 6.07 Å². The molecule has 4 saturated carbocycles. The molecule has 4 unspecified atom stereocenters. The fraction of sp³-hybridized carbons (Fsp3) is 0.667. The van der Waals surface area contributed by atoms with Gasteiger partial charge in [0.2, 0.25) is 11.8 Å². The number of esters is 1. The average Bonchev–Trinajstić information content (AvgIpc) is 3.25. The largest absolute Gasteiger partial charge is 0.481 e. The van der Waals surface area contributed by atoms with Gasteiger partial charge in [0, 0.05) is 5.54 Å². The molecule has 0 spiro atoms. The summed E-state index contributed by atoms with van der Waals surface area (Å²) in [4.78, 5) is 66.9. The number of ether oxygens (including phenoxy) is 1. The number of rotatable bonds is 13. The zero-order chi connectivity index (χ0) is 34.1. The Labute approximate surface area is 276 Å². The van der Waals surface area contributed by atoms with Crippen LogP contribution in [0, 0.1) is 57.7 Å². The third-order valence-corrected chi connectivity index (χ3v) is 11.4. The number of carboxylic acid groups (broad SMARTS) is 1. The predicted octanol–water partition coefficient (Wildman–Crippen LogP) is 5.05. The molecule has 5 fully saturated rings. The molecule has 6 rings (SSSR count).